The zero-order valence-corrected chi connectivity index (χ0v) is 19.9. The first-order valence-electron chi connectivity index (χ1n) is 10.9. The summed E-state index contributed by atoms with van der Waals surface area (Å²) < 4.78 is 53.0. The number of amides is 1. The lowest BCUT2D eigenvalue weighted by molar-refractivity contribution is -0.137. The zero-order chi connectivity index (χ0) is 24.5. The molecule has 1 fully saturated rings. The van der Waals surface area contributed by atoms with Crippen LogP contribution in [0.25, 0.3) is 0 Å². The number of hydrogen-bond acceptors (Lipinski definition) is 5. The quantitative estimate of drug-likeness (QED) is 0.526. The summed E-state index contributed by atoms with van der Waals surface area (Å²) >= 11 is 1.32. The highest BCUT2D eigenvalue weighted by Crippen LogP contribution is 2.33. The van der Waals surface area contributed by atoms with Crippen molar-refractivity contribution >= 4 is 17.2 Å². The smallest absolute Gasteiger partial charge is 0.416 e. The molecule has 1 N–H and O–H groups in total. The van der Waals surface area contributed by atoms with Crippen LogP contribution in [0.15, 0.2) is 52.2 Å². The lowest BCUT2D eigenvalue weighted by atomic mass is 9.95. The van der Waals surface area contributed by atoms with Crippen molar-refractivity contribution in [1.29, 1.82) is 0 Å². The molecule has 0 spiro atoms. The molecule has 1 atom stereocenters. The van der Waals surface area contributed by atoms with Crippen molar-refractivity contribution in [2.75, 3.05) is 13.2 Å². The number of carbonyl (C=O) groups excluding carboxylic acids is 1. The Hall–Kier alpha value is -2.85. The van der Waals surface area contributed by atoms with Gasteiger partial charge in [-0.1, -0.05) is 20.8 Å². The van der Waals surface area contributed by atoms with E-state index >= 15 is 0 Å². The van der Waals surface area contributed by atoms with Gasteiger partial charge in [-0.25, -0.2) is 0 Å². The Bertz CT molecular complexity index is 1220. The number of carbonyl (C=O) groups is 1. The Kier molecular flexibility index (Phi) is 6.73. The fourth-order valence-electron chi connectivity index (χ4n) is 3.33. The second-order valence-corrected chi connectivity index (χ2v) is 10.2. The lowest BCUT2D eigenvalue weighted by Crippen LogP contribution is -2.46. The van der Waals surface area contributed by atoms with Crippen LogP contribution in [0, 0.1) is 0 Å². The van der Waals surface area contributed by atoms with Gasteiger partial charge in [-0.2, -0.15) is 18.2 Å². The molecule has 1 saturated heterocycles. The molecule has 0 aliphatic carbocycles. The Morgan fingerprint density at radius 2 is 2.06 bits per heavy atom. The van der Waals surface area contributed by atoms with Gasteiger partial charge >= 0.3 is 6.18 Å². The summed E-state index contributed by atoms with van der Waals surface area (Å²) in [6, 6.07) is 6.60. The third-order valence-electron chi connectivity index (χ3n) is 5.47. The number of halogens is 3. The number of alkyl halides is 3. The first kappa shape index (κ1) is 24.3. The van der Waals surface area contributed by atoms with Crippen LogP contribution in [0.3, 0.4) is 0 Å². The van der Waals surface area contributed by atoms with Gasteiger partial charge in [0.05, 0.1) is 23.9 Å². The van der Waals surface area contributed by atoms with E-state index in [-0.39, 0.29) is 29.4 Å². The van der Waals surface area contributed by atoms with E-state index in [1.54, 1.807) is 23.0 Å². The average molecular weight is 494 g/mol. The van der Waals surface area contributed by atoms with Crippen molar-refractivity contribution in [1.82, 2.24) is 9.88 Å². The molecular formula is C24H26F3N3O3S. The van der Waals surface area contributed by atoms with Crippen LogP contribution < -0.4 is 14.9 Å². The van der Waals surface area contributed by atoms with Crippen LogP contribution in [0.2, 0.25) is 0 Å². The summed E-state index contributed by atoms with van der Waals surface area (Å²) in [6.45, 7) is 7.58. The molecule has 182 valence electrons. The largest absolute Gasteiger partial charge is 0.491 e. The van der Waals surface area contributed by atoms with Crippen molar-refractivity contribution < 1.29 is 27.1 Å². The van der Waals surface area contributed by atoms with Crippen molar-refractivity contribution in [3.8, 4) is 5.75 Å². The minimum Gasteiger partial charge on any atom is -0.491 e. The van der Waals surface area contributed by atoms with Crippen molar-refractivity contribution in [2.24, 2.45) is 4.99 Å². The number of benzene rings is 1. The van der Waals surface area contributed by atoms with Gasteiger partial charge in [0.1, 0.15) is 18.1 Å². The zero-order valence-electron chi connectivity index (χ0n) is 19.1. The molecule has 1 aliphatic rings. The minimum absolute atomic E-state index is 0.0839. The summed E-state index contributed by atoms with van der Waals surface area (Å²) in [5, 5.41) is 3.16. The molecule has 0 unspecified atom stereocenters. The highest BCUT2D eigenvalue weighted by molar-refractivity contribution is 7.09. The monoisotopic (exact) mass is 493 g/mol. The van der Waals surface area contributed by atoms with Gasteiger partial charge < -0.3 is 19.0 Å². The van der Waals surface area contributed by atoms with Gasteiger partial charge in [-0.3, -0.25) is 4.79 Å². The normalized spacial score (nSPS) is 17.0. The minimum atomic E-state index is -4.59. The molecule has 2 aromatic heterocycles. The first-order chi connectivity index (χ1) is 16.0. The number of hydrogen-bond donors (Lipinski definition) is 1. The predicted molar refractivity (Wildman–Crippen MR) is 122 cm³/mol. The van der Waals surface area contributed by atoms with Gasteiger partial charge in [0.2, 0.25) is 0 Å². The van der Waals surface area contributed by atoms with E-state index in [1.165, 1.54) is 17.4 Å². The summed E-state index contributed by atoms with van der Waals surface area (Å²) in [6.07, 6.45) is -0.236. The standard InChI is InChI=1S/C24H26F3N3O3S/c1-23(2,3)20-13-30(12-17-5-4-10-32-17)22(34-20)29-21(31)18-11-15(24(25,26)27)6-7-19(18)33-14-16-8-9-28-16/h4-7,10-11,13,16,28H,8-9,12,14H2,1-3H3/b29-22-/t16-/m0/s1. The number of ether oxygens (including phenoxy) is 1. The van der Waals surface area contributed by atoms with Crippen LogP contribution >= 0.6 is 11.3 Å². The summed E-state index contributed by atoms with van der Waals surface area (Å²) in [7, 11) is 0. The topological polar surface area (TPSA) is 68.8 Å². The molecule has 34 heavy (non-hydrogen) atoms. The second kappa shape index (κ2) is 9.42. The number of nitrogens with one attached hydrogen (secondary N) is 1. The molecule has 0 bridgehead atoms. The molecule has 6 nitrogen and oxygen atoms in total. The van der Waals surface area contributed by atoms with E-state index in [1.807, 2.05) is 27.0 Å². The summed E-state index contributed by atoms with van der Waals surface area (Å²) in [5.74, 6) is -0.0398. The van der Waals surface area contributed by atoms with E-state index in [0.717, 1.165) is 30.0 Å². The molecule has 4 rings (SSSR count). The van der Waals surface area contributed by atoms with Crippen LogP contribution in [-0.2, 0) is 18.1 Å². The van der Waals surface area contributed by atoms with Gasteiger partial charge in [-0.15, -0.1) is 11.3 Å². The number of nitrogens with zero attached hydrogens (tertiary/aromatic N) is 2. The average Bonchev–Trinajstić information content (AvgIpc) is 3.36. The maximum Gasteiger partial charge on any atom is 0.416 e. The second-order valence-electron chi connectivity index (χ2n) is 9.21. The van der Waals surface area contributed by atoms with E-state index in [9.17, 15) is 18.0 Å². The van der Waals surface area contributed by atoms with Crippen molar-refractivity contribution in [3.63, 3.8) is 0 Å². The van der Waals surface area contributed by atoms with E-state index in [0.29, 0.717) is 17.1 Å². The van der Waals surface area contributed by atoms with Crippen LogP contribution in [-0.4, -0.2) is 29.7 Å². The Balaban J connectivity index is 1.73. The Labute approximate surface area is 199 Å². The number of rotatable bonds is 6. The van der Waals surface area contributed by atoms with Crippen LogP contribution in [0.5, 0.6) is 5.75 Å². The van der Waals surface area contributed by atoms with E-state index in [2.05, 4.69) is 10.3 Å². The summed E-state index contributed by atoms with van der Waals surface area (Å²) in [4.78, 5) is 18.8. The number of furan rings is 1. The van der Waals surface area contributed by atoms with E-state index in [4.69, 9.17) is 9.15 Å². The van der Waals surface area contributed by atoms with Gasteiger partial charge in [0.25, 0.3) is 5.91 Å². The maximum atomic E-state index is 13.4. The molecule has 3 heterocycles. The molecule has 1 amide bonds. The molecule has 1 aromatic carbocycles. The first-order valence-corrected chi connectivity index (χ1v) is 11.7. The maximum absolute atomic E-state index is 13.4. The van der Waals surface area contributed by atoms with Crippen molar-refractivity contribution in [3.05, 3.63) is 69.4 Å². The number of thiazole rings is 1. The SMILES string of the molecule is CC(C)(C)c1cn(Cc2ccco2)/c(=N/C(=O)c2cc(C(F)(F)F)ccc2OC[C@@H]2CCN2)s1. The van der Waals surface area contributed by atoms with Crippen LogP contribution in [0.4, 0.5) is 13.2 Å². The Morgan fingerprint density at radius 3 is 2.65 bits per heavy atom. The fourth-order valence-corrected chi connectivity index (χ4v) is 4.37. The highest BCUT2D eigenvalue weighted by Gasteiger charge is 2.32. The molecular weight excluding hydrogens is 467 g/mol. The van der Waals surface area contributed by atoms with Crippen molar-refractivity contribution in [2.45, 2.75) is 51.4 Å². The number of aromatic nitrogens is 1. The van der Waals surface area contributed by atoms with Crippen LogP contribution in [0.1, 0.15) is 53.8 Å². The third kappa shape index (κ3) is 5.61. The Morgan fingerprint density at radius 1 is 1.29 bits per heavy atom. The summed E-state index contributed by atoms with van der Waals surface area (Å²) in [5.41, 5.74) is -1.35. The fraction of sp³-hybridized carbons (Fsp3) is 0.417. The third-order valence-corrected chi connectivity index (χ3v) is 6.91. The van der Waals surface area contributed by atoms with Gasteiger partial charge in [-0.05, 0) is 48.7 Å². The molecule has 0 radical (unpaired) electrons. The molecule has 1 aliphatic heterocycles. The predicted octanol–water partition coefficient (Wildman–Crippen LogP) is 4.99. The lowest BCUT2D eigenvalue weighted by Gasteiger charge is -2.27. The van der Waals surface area contributed by atoms with Gasteiger partial charge in [0.15, 0.2) is 4.80 Å². The van der Waals surface area contributed by atoms with E-state index < -0.39 is 17.6 Å². The highest BCUT2D eigenvalue weighted by atomic mass is 32.1. The molecule has 0 saturated carbocycles. The van der Waals surface area contributed by atoms with Gasteiger partial charge in [0, 0.05) is 17.1 Å². The molecule has 3 aromatic rings. The molecule has 10 heteroatoms.